The van der Waals surface area contributed by atoms with E-state index in [0.717, 1.165) is 11.1 Å². The number of rotatable bonds is 2. The van der Waals surface area contributed by atoms with E-state index in [-0.39, 0.29) is 11.3 Å². The fourth-order valence-corrected chi connectivity index (χ4v) is 1.28. The van der Waals surface area contributed by atoms with E-state index in [4.69, 9.17) is 0 Å². The lowest BCUT2D eigenvalue weighted by atomic mass is 10.0. The summed E-state index contributed by atoms with van der Waals surface area (Å²) in [5.74, 6) is -2.13. The van der Waals surface area contributed by atoms with Crippen LogP contribution in [0.2, 0.25) is 0 Å². The Morgan fingerprint density at radius 3 is 2.25 bits per heavy atom. The third-order valence-electron chi connectivity index (χ3n) is 2.36. The molecule has 1 aromatic carbocycles. The molecule has 0 spiro atoms. The number of ketones is 1. The molecule has 0 fully saturated rings. The van der Waals surface area contributed by atoms with Crippen LogP contribution in [-0.2, 0) is 11.2 Å². The Bertz CT molecular complexity index is 422. The highest BCUT2D eigenvalue weighted by Gasteiger charge is 2.38. The molecule has 1 rings (SSSR count). The predicted octanol–water partition coefficient (Wildman–Crippen LogP) is 2.68. The van der Waals surface area contributed by atoms with Crippen LogP contribution < -0.4 is 0 Å². The number of phenols is 1. The molecule has 1 N–H and O–H groups in total. The molecule has 0 saturated carbocycles. The average molecular weight is 232 g/mol. The van der Waals surface area contributed by atoms with Gasteiger partial charge in [0.05, 0.1) is 0 Å². The molecule has 2 nitrogen and oxygen atoms in total. The minimum absolute atomic E-state index is 0.00502. The summed E-state index contributed by atoms with van der Waals surface area (Å²) in [6.45, 7) is 3.43. The van der Waals surface area contributed by atoms with Crippen LogP contribution in [0.3, 0.4) is 0 Å². The second-order valence-corrected chi connectivity index (χ2v) is 3.66. The Morgan fingerprint density at radius 2 is 1.75 bits per heavy atom. The molecule has 0 aliphatic heterocycles. The summed E-state index contributed by atoms with van der Waals surface area (Å²) in [5, 5.41) is 9.41. The molecule has 0 aliphatic carbocycles. The van der Waals surface area contributed by atoms with Gasteiger partial charge in [-0.3, -0.25) is 4.79 Å². The van der Waals surface area contributed by atoms with Crippen molar-refractivity contribution < 1.29 is 23.1 Å². The summed E-state index contributed by atoms with van der Waals surface area (Å²) in [7, 11) is 0. The second kappa shape index (κ2) is 4.15. The topological polar surface area (TPSA) is 37.3 Å². The molecule has 88 valence electrons. The molecular weight excluding hydrogens is 221 g/mol. The van der Waals surface area contributed by atoms with Gasteiger partial charge in [0.1, 0.15) is 5.75 Å². The standard InChI is InChI=1S/C11H11F3O2/c1-6-3-8(9(15)4-7(6)2)5-10(16)11(12,13)14/h3-4,15H,5H2,1-2H3. The van der Waals surface area contributed by atoms with Crippen LogP contribution in [-0.4, -0.2) is 17.1 Å². The van der Waals surface area contributed by atoms with Gasteiger partial charge in [-0.05, 0) is 31.0 Å². The normalized spacial score (nSPS) is 11.6. The van der Waals surface area contributed by atoms with Gasteiger partial charge in [0.15, 0.2) is 0 Å². The zero-order valence-corrected chi connectivity index (χ0v) is 8.85. The van der Waals surface area contributed by atoms with Crippen LogP contribution in [0.1, 0.15) is 16.7 Å². The molecule has 0 amide bonds. The summed E-state index contributed by atoms with van der Waals surface area (Å²) >= 11 is 0. The van der Waals surface area contributed by atoms with Gasteiger partial charge in [-0.15, -0.1) is 0 Å². The number of hydrogen-bond acceptors (Lipinski definition) is 2. The molecular formula is C11H11F3O2. The van der Waals surface area contributed by atoms with Crippen molar-refractivity contribution in [1.82, 2.24) is 0 Å². The highest BCUT2D eigenvalue weighted by molar-refractivity contribution is 5.86. The van der Waals surface area contributed by atoms with Gasteiger partial charge in [0.25, 0.3) is 0 Å². The summed E-state index contributed by atoms with van der Waals surface area (Å²) in [4.78, 5) is 10.7. The van der Waals surface area contributed by atoms with E-state index in [1.165, 1.54) is 12.1 Å². The maximum atomic E-state index is 12.0. The Hall–Kier alpha value is -1.52. The SMILES string of the molecule is Cc1cc(O)c(CC(=O)C(F)(F)F)cc1C. The summed E-state index contributed by atoms with van der Waals surface area (Å²) < 4.78 is 36.0. The van der Waals surface area contributed by atoms with Crippen molar-refractivity contribution in [3.63, 3.8) is 0 Å². The molecule has 0 aliphatic rings. The van der Waals surface area contributed by atoms with Crippen molar-refractivity contribution in [3.05, 3.63) is 28.8 Å². The monoisotopic (exact) mass is 232 g/mol. The average Bonchev–Trinajstić information content (AvgIpc) is 2.12. The van der Waals surface area contributed by atoms with Crippen LogP contribution in [0.15, 0.2) is 12.1 Å². The number of aryl methyl sites for hydroxylation is 2. The molecule has 0 heterocycles. The molecule has 1 aromatic rings. The first-order chi connectivity index (χ1) is 7.21. The summed E-state index contributed by atoms with van der Waals surface area (Å²) in [5.41, 5.74) is 1.51. The molecule has 5 heteroatoms. The molecule has 0 atom stereocenters. The van der Waals surface area contributed by atoms with Crippen LogP contribution in [0.4, 0.5) is 13.2 Å². The maximum absolute atomic E-state index is 12.0. The minimum Gasteiger partial charge on any atom is -0.508 e. The van der Waals surface area contributed by atoms with Crippen LogP contribution in [0.25, 0.3) is 0 Å². The van der Waals surface area contributed by atoms with Crippen molar-refractivity contribution in [2.45, 2.75) is 26.4 Å². The van der Waals surface area contributed by atoms with Crippen LogP contribution >= 0.6 is 0 Å². The summed E-state index contributed by atoms with van der Waals surface area (Å²) in [6, 6.07) is 2.75. The van der Waals surface area contributed by atoms with E-state index < -0.39 is 18.4 Å². The number of alkyl halides is 3. The number of halogens is 3. The van der Waals surface area contributed by atoms with Gasteiger partial charge in [-0.25, -0.2) is 0 Å². The van der Waals surface area contributed by atoms with E-state index in [2.05, 4.69) is 0 Å². The fourth-order valence-electron chi connectivity index (χ4n) is 1.28. The smallest absolute Gasteiger partial charge is 0.450 e. The first kappa shape index (κ1) is 12.5. The van der Waals surface area contributed by atoms with Crippen molar-refractivity contribution in [2.24, 2.45) is 0 Å². The minimum atomic E-state index is -4.86. The first-order valence-electron chi connectivity index (χ1n) is 4.61. The van der Waals surface area contributed by atoms with E-state index in [1.807, 2.05) is 0 Å². The number of carbonyl (C=O) groups excluding carboxylic acids is 1. The lowest BCUT2D eigenvalue weighted by Gasteiger charge is -2.09. The quantitative estimate of drug-likeness (QED) is 0.851. The van der Waals surface area contributed by atoms with Crippen molar-refractivity contribution in [2.75, 3.05) is 0 Å². The lowest BCUT2D eigenvalue weighted by molar-refractivity contribution is -0.170. The Labute approximate surface area is 90.7 Å². The van der Waals surface area contributed by atoms with Gasteiger partial charge in [-0.1, -0.05) is 6.07 Å². The molecule has 0 bridgehead atoms. The molecule has 0 radical (unpaired) electrons. The van der Waals surface area contributed by atoms with Crippen molar-refractivity contribution in [3.8, 4) is 5.75 Å². The van der Waals surface area contributed by atoms with Gasteiger partial charge >= 0.3 is 6.18 Å². The van der Waals surface area contributed by atoms with E-state index in [1.54, 1.807) is 13.8 Å². The van der Waals surface area contributed by atoms with Crippen LogP contribution in [0, 0.1) is 13.8 Å². The predicted molar refractivity (Wildman–Crippen MR) is 52.3 cm³/mol. The highest BCUT2D eigenvalue weighted by atomic mass is 19.4. The second-order valence-electron chi connectivity index (χ2n) is 3.66. The zero-order chi connectivity index (χ0) is 12.5. The van der Waals surface area contributed by atoms with Gasteiger partial charge in [0, 0.05) is 12.0 Å². The van der Waals surface area contributed by atoms with Gasteiger partial charge < -0.3 is 5.11 Å². The number of carbonyl (C=O) groups is 1. The van der Waals surface area contributed by atoms with Crippen molar-refractivity contribution >= 4 is 5.78 Å². The first-order valence-corrected chi connectivity index (χ1v) is 4.61. The highest BCUT2D eigenvalue weighted by Crippen LogP contribution is 2.25. The molecule has 0 saturated heterocycles. The van der Waals surface area contributed by atoms with Gasteiger partial charge in [0.2, 0.25) is 5.78 Å². The van der Waals surface area contributed by atoms with Gasteiger partial charge in [-0.2, -0.15) is 13.2 Å². The largest absolute Gasteiger partial charge is 0.508 e. The molecule has 16 heavy (non-hydrogen) atoms. The van der Waals surface area contributed by atoms with E-state index >= 15 is 0 Å². The fraction of sp³-hybridized carbons (Fsp3) is 0.364. The number of phenolic OH excluding ortho intramolecular Hbond substituents is 1. The maximum Gasteiger partial charge on any atom is 0.450 e. The Morgan fingerprint density at radius 1 is 1.25 bits per heavy atom. The Kier molecular flexibility index (Phi) is 3.26. The third kappa shape index (κ3) is 2.74. The number of aromatic hydroxyl groups is 1. The van der Waals surface area contributed by atoms with Crippen LogP contribution in [0.5, 0.6) is 5.75 Å². The van der Waals surface area contributed by atoms with E-state index in [0.29, 0.717) is 0 Å². The zero-order valence-electron chi connectivity index (χ0n) is 8.85. The number of Topliss-reactive ketones (excluding diaryl/α,β-unsaturated/α-hetero) is 1. The molecule has 0 unspecified atom stereocenters. The van der Waals surface area contributed by atoms with E-state index in [9.17, 15) is 23.1 Å². The molecule has 0 aromatic heterocycles. The van der Waals surface area contributed by atoms with Crippen molar-refractivity contribution in [1.29, 1.82) is 0 Å². The lowest BCUT2D eigenvalue weighted by Crippen LogP contribution is -2.24. The third-order valence-corrected chi connectivity index (χ3v) is 2.36. The number of hydrogen-bond donors (Lipinski definition) is 1. The summed E-state index contributed by atoms with van der Waals surface area (Å²) in [6.07, 6.45) is -5.68. The Balaban J connectivity index is 2.99. The number of benzene rings is 1.